The van der Waals surface area contributed by atoms with Gasteiger partial charge < -0.3 is 0 Å². The van der Waals surface area contributed by atoms with Gasteiger partial charge >= 0.3 is 0 Å². The van der Waals surface area contributed by atoms with Crippen LogP contribution in [0.2, 0.25) is 0 Å². The average Bonchev–Trinajstić information content (AvgIpc) is 2.69. The predicted molar refractivity (Wildman–Crippen MR) is 102 cm³/mol. The molecular weight excluding hydrogens is 322 g/mol. The fourth-order valence-electron chi connectivity index (χ4n) is 4.37. The summed E-state index contributed by atoms with van der Waals surface area (Å²) < 4.78 is 0. The second-order valence-corrected chi connectivity index (χ2v) is 7.55. The maximum Gasteiger partial charge on any atom is 0.173 e. The summed E-state index contributed by atoms with van der Waals surface area (Å²) in [6.07, 6.45) is 3.26. The molecule has 4 rings (SSSR count). The third-order valence-electron chi connectivity index (χ3n) is 5.88. The SMILES string of the molecule is O=C1c2ccccc2CCC1C(=O)C1CCN(Cc2ccccc2)CC1. The first-order valence-corrected chi connectivity index (χ1v) is 9.64. The van der Waals surface area contributed by atoms with Gasteiger partial charge in [-0.3, -0.25) is 14.5 Å². The van der Waals surface area contributed by atoms with Crippen LogP contribution in [0.3, 0.4) is 0 Å². The molecule has 1 saturated heterocycles. The van der Waals surface area contributed by atoms with E-state index >= 15 is 0 Å². The average molecular weight is 347 g/mol. The molecule has 0 bridgehead atoms. The molecule has 1 aliphatic heterocycles. The number of hydrogen-bond donors (Lipinski definition) is 0. The normalized spacial score (nSPS) is 21.4. The Hall–Kier alpha value is -2.26. The number of likely N-dealkylation sites (tertiary alicyclic amines) is 1. The van der Waals surface area contributed by atoms with Crippen LogP contribution in [-0.4, -0.2) is 29.6 Å². The lowest BCUT2D eigenvalue weighted by atomic mass is 9.75. The summed E-state index contributed by atoms with van der Waals surface area (Å²) in [6, 6.07) is 18.2. The van der Waals surface area contributed by atoms with E-state index in [0.717, 1.165) is 50.0 Å². The van der Waals surface area contributed by atoms with Crippen molar-refractivity contribution in [1.82, 2.24) is 4.90 Å². The number of fused-ring (bicyclic) bond motifs is 1. The molecule has 0 N–H and O–H groups in total. The molecule has 3 nitrogen and oxygen atoms in total. The van der Waals surface area contributed by atoms with Crippen LogP contribution >= 0.6 is 0 Å². The first kappa shape index (κ1) is 17.2. The Balaban J connectivity index is 1.36. The van der Waals surface area contributed by atoms with Crippen LogP contribution in [0.5, 0.6) is 0 Å². The zero-order valence-electron chi connectivity index (χ0n) is 15.1. The summed E-state index contributed by atoms with van der Waals surface area (Å²) in [7, 11) is 0. The van der Waals surface area contributed by atoms with Gasteiger partial charge in [0.15, 0.2) is 5.78 Å². The lowest BCUT2D eigenvalue weighted by Gasteiger charge is -2.33. The number of benzene rings is 2. The van der Waals surface area contributed by atoms with Crippen LogP contribution in [0.1, 0.15) is 40.7 Å². The Kier molecular flexibility index (Phi) is 4.98. The maximum atomic E-state index is 13.0. The molecule has 0 saturated carbocycles. The summed E-state index contributed by atoms with van der Waals surface area (Å²) in [6.45, 7) is 2.81. The fourth-order valence-corrected chi connectivity index (χ4v) is 4.37. The van der Waals surface area contributed by atoms with Gasteiger partial charge in [0.25, 0.3) is 0 Å². The highest BCUT2D eigenvalue weighted by Gasteiger charge is 2.37. The summed E-state index contributed by atoms with van der Waals surface area (Å²) >= 11 is 0. The van der Waals surface area contributed by atoms with Crippen LogP contribution in [0.4, 0.5) is 0 Å². The molecule has 1 atom stereocenters. The highest BCUT2D eigenvalue weighted by Crippen LogP contribution is 2.31. The number of aryl methyl sites for hydroxylation is 1. The van der Waals surface area contributed by atoms with E-state index in [2.05, 4.69) is 29.2 Å². The Labute approximate surface area is 155 Å². The van der Waals surface area contributed by atoms with E-state index in [9.17, 15) is 9.59 Å². The molecule has 2 aromatic rings. The molecule has 0 spiro atoms. The number of hydrogen-bond acceptors (Lipinski definition) is 3. The third kappa shape index (κ3) is 3.49. The molecule has 134 valence electrons. The molecule has 1 heterocycles. The van der Waals surface area contributed by atoms with Crippen LogP contribution in [0.25, 0.3) is 0 Å². The summed E-state index contributed by atoms with van der Waals surface area (Å²) in [5, 5.41) is 0. The zero-order chi connectivity index (χ0) is 17.9. The van der Waals surface area contributed by atoms with Crippen LogP contribution in [0, 0.1) is 11.8 Å². The van der Waals surface area contributed by atoms with Crippen molar-refractivity contribution in [3.05, 3.63) is 71.3 Å². The molecule has 1 unspecified atom stereocenters. The van der Waals surface area contributed by atoms with Crippen molar-refractivity contribution in [3.8, 4) is 0 Å². The standard InChI is InChI=1S/C23H25NO2/c25-22(21-11-10-18-8-4-5-9-20(18)23(21)26)19-12-14-24(15-13-19)16-17-6-2-1-3-7-17/h1-9,19,21H,10-16H2. The Bertz CT molecular complexity index is 791. The number of carbonyl (C=O) groups is 2. The van der Waals surface area contributed by atoms with E-state index in [4.69, 9.17) is 0 Å². The van der Waals surface area contributed by atoms with E-state index in [1.165, 1.54) is 5.56 Å². The Morgan fingerprint density at radius 2 is 1.62 bits per heavy atom. The number of rotatable bonds is 4. The molecule has 1 fully saturated rings. The quantitative estimate of drug-likeness (QED) is 0.787. The van der Waals surface area contributed by atoms with Gasteiger partial charge in [0.1, 0.15) is 5.78 Å². The van der Waals surface area contributed by atoms with Crippen molar-refractivity contribution in [2.24, 2.45) is 11.8 Å². The third-order valence-corrected chi connectivity index (χ3v) is 5.88. The molecule has 26 heavy (non-hydrogen) atoms. The maximum absolute atomic E-state index is 13.0. The van der Waals surface area contributed by atoms with E-state index in [1.54, 1.807) is 0 Å². The Morgan fingerprint density at radius 3 is 2.38 bits per heavy atom. The molecule has 2 aliphatic rings. The van der Waals surface area contributed by atoms with Crippen molar-refractivity contribution in [2.45, 2.75) is 32.2 Å². The van der Waals surface area contributed by atoms with Gasteiger partial charge in [0.2, 0.25) is 0 Å². The molecule has 1 aliphatic carbocycles. The second kappa shape index (κ2) is 7.55. The van der Waals surface area contributed by atoms with Crippen LogP contribution < -0.4 is 0 Å². The van der Waals surface area contributed by atoms with Crippen molar-refractivity contribution in [3.63, 3.8) is 0 Å². The Morgan fingerprint density at radius 1 is 0.923 bits per heavy atom. The predicted octanol–water partition coefficient (Wildman–Crippen LogP) is 3.91. The molecular formula is C23H25NO2. The van der Waals surface area contributed by atoms with Gasteiger partial charge in [-0.25, -0.2) is 0 Å². The summed E-state index contributed by atoms with van der Waals surface area (Å²) in [5.74, 6) is -0.149. The molecule has 2 aromatic carbocycles. The van der Waals surface area contributed by atoms with Crippen molar-refractivity contribution in [2.75, 3.05) is 13.1 Å². The number of piperidine rings is 1. The molecule has 0 amide bonds. The smallest absolute Gasteiger partial charge is 0.173 e. The zero-order valence-corrected chi connectivity index (χ0v) is 15.1. The van der Waals surface area contributed by atoms with Crippen molar-refractivity contribution in [1.29, 1.82) is 0 Å². The first-order chi connectivity index (χ1) is 12.7. The lowest BCUT2D eigenvalue weighted by Crippen LogP contribution is -2.40. The van der Waals surface area contributed by atoms with Gasteiger partial charge in [0, 0.05) is 18.0 Å². The van der Waals surface area contributed by atoms with Crippen molar-refractivity contribution >= 4 is 11.6 Å². The largest absolute Gasteiger partial charge is 0.299 e. The topological polar surface area (TPSA) is 37.4 Å². The molecule has 0 aromatic heterocycles. The van der Waals surface area contributed by atoms with E-state index < -0.39 is 5.92 Å². The van der Waals surface area contributed by atoms with Gasteiger partial charge in [-0.2, -0.15) is 0 Å². The number of ketones is 2. The minimum absolute atomic E-state index is 0.0428. The first-order valence-electron chi connectivity index (χ1n) is 9.64. The number of nitrogens with zero attached hydrogens (tertiary/aromatic N) is 1. The second-order valence-electron chi connectivity index (χ2n) is 7.55. The monoisotopic (exact) mass is 347 g/mol. The minimum Gasteiger partial charge on any atom is -0.299 e. The van der Waals surface area contributed by atoms with Crippen LogP contribution in [0.15, 0.2) is 54.6 Å². The number of Topliss-reactive ketones (excluding diaryl/α,β-unsaturated/α-hetero) is 2. The molecule has 0 radical (unpaired) electrons. The lowest BCUT2D eigenvalue weighted by molar-refractivity contribution is -0.127. The minimum atomic E-state index is -0.421. The van der Waals surface area contributed by atoms with Crippen LogP contribution in [-0.2, 0) is 17.8 Å². The van der Waals surface area contributed by atoms with Gasteiger partial charge in [-0.05, 0) is 49.9 Å². The number of carbonyl (C=O) groups excluding carboxylic acids is 2. The summed E-state index contributed by atoms with van der Waals surface area (Å²) in [5.41, 5.74) is 3.18. The van der Waals surface area contributed by atoms with E-state index in [0.29, 0.717) is 6.42 Å². The fraction of sp³-hybridized carbons (Fsp3) is 0.391. The van der Waals surface area contributed by atoms with E-state index in [-0.39, 0.29) is 17.5 Å². The van der Waals surface area contributed by atoms with Gasteiger partial charge in [0.05, 0.1) is 5.92 Å². The highest BCUT2D eigenvalue weighted by molar-refractivity contribution is 6.12. The van der Waals surface area contributed by atoms with Gasteiger partial charge in [-0.1, -0.05) is 54.6 Å². The molecule has 3 heteroatoms. The van der Waals surface area contributed by atoms with Gasteiger partial charge in [-0.15, -0.1) is 0 Å². The summed E-state index contributed by atoms with van der Waals surface area (Å²) in [4.78, 5) is 28.2. The highest BCUT2D eigenvalue weighted by atomic mass is 16.2. The van der Waals surface area contributed by atoms with Crippen molar-refractivity contribution < 1.29 is 9.59 Å². The van der Waals surface area contributed by atoms with E-state index in [1.807, 2.05) is 30.3 Å².